The molecular weight excluding hydrogens is 217 g/mol. The molecule has 16 heavy (non-hydrogen) atoms. The second-order valence-electron chi connectivity index (χ2n) is 4.24. The van der Waals surface area contributed by atoms with Gasteiger partial charge >= 0.3 is 6.18 Å². The lowest BCUT2D eigenvalue weighted by atomic mass is 9.97. The van der Waals surface area contributed by atoms with Crippen molar-refractivity contribution in [1.82, 2.24) is 0 Å². The van der Waals surface area contributed by atoms with E-state index in [1.54, 1.807) is 6.07 Å². The highest BCUT2D eigenvalue weighted by atomic mass is 19.4. The molecule has 0 saturated heterocycles. The van der Waals surface area contributed by atoms with Gasteiger partial charge in [-0.05, 0) is 43.9 Å². The minimum absolute atomic E-state index is 0.00344. The molecule has 88 valence electrons. The van der Waals surface area contributed by atoms with Gasteiger partial charge in [0.1, 0.15) is 5.75 Å². The number of rotatable bonds is 0. The summed E-state index contributed by atoms with van der Waals surface area (Å²) in [5, 5.41) is 0. The topological polar surface area (TPSA) is 9.23 Å². The molecular formula is C12H13F3O. The van der Waals surface area contributed by atoms with Gasteiger partial charge in [-0.25, -0.2) is 0 Å². The van der Waals surface area contributed by atoms with E-state index in [2.05, 4.69) is 0 Å². The first-order valence-corrected chi connectivity index (χ1v) is 5.25. The summed E-state index contributed by atoms with van der Waals surface area (Å²) in [5.41, 5.74) is 0.549. The Morgan fingerprint density at radius 2 is 2.00 bits per heavy atom. The van der Waals surface area contributed by atoms with E-state index in [9.17, 15) is 13.2 Å². The fraction of sp³-hybridized carbons (Fsp3) is 0.500. The van der Waals surface area contributed by atoms with E-state index in [0.29, 0.717) is 5.75 Å². The highest BCUT2D eigenvalue weighted by Crippen LogP contribution is 2.38. The zero-order valence-electron chi connectivity index (χ0n) is 9.19. The van der Waals surface area contributed by atoms with Gasteiger partial charge in [0.05, 0.1) is 11.7 Å². The molecule has 1 heterocycles. The molecule has 0 N–H and O–H groups in total. The van der Waals surface area contributed by atoms with E-state index >= 15 is 0 Å². The third-order valence-electron chi connectivity index (χ3n) is 2.86. The zero-order chi connectivity index (χ0) is 11.9. The van der Waals surface area contributed by atoms with Gasteiger partial charge in [0.2, 0.25) is 0 Å². The molecule has 0 bridgehead atoms. The monoisotopic (exact) mass is 230 g/mol. The van der Waals surface area contributed by atoms with Gasteiger partial charge in [0.25, 0.3) is 0 Å². The molecule has 0 spiro atoms. The lowest BCUT2D eigenvalue weighted by molar-refractivity contribution is -0.138. The van der Waals surface area contributed by atoms with Crippen LogP contribution in [0.2, 0.25) is 0 Å². The Kier molecular flexibility index (Phi) is 2.60. The Morgan fingerprint density at radius 1 is 1.31 bits per heavy atom. The van der Waals surface area contributed by atoms with E-state index in [4.69, 9.17) is 4.74 Å². The Labute approximate surface area is 92.2 Å². The smallest absolute Gasteiger partial charge is 0.416 e. The van der Waals surface area contributed by atoms with Crippen LogP contribution in [0.4, 0.5) is 13.2 Å². The fourth-order valence-electron chi connectivity index (χ4n) is 1.99. The van der Waals surface area contributed by atoms with Gasteiger partial charge in [0, 0.05) is 0 Å². The number of hydrogen-bond donors (Lipinski definition) is 0. The number of hydrogen-bond acceptors (Lipinski definition) is 1. The van der Waals surface area contributed by atoms with E-state index in [0.717, 1.165) is 24.5 Å². The predicted octanol–water partition coefficient (Wildman–Crippen LogP) is 3.73. The first-order chi connectivity index (χ1) is 7.38. The maximum atomic E-state index is 12.7. The SMILES string of the molecule is Cc1cc2c(cc1C(F)(F)F)OC(C)CC2. The van der Waals surface area contributed by atoms with Crippen molar-refractivity contribution in [3.05, 3.63) is 28.8 Å². The largest absolute Gasteiger partial charge is 0.490 e. The van der Waals surface area contributed by atoms with Gasteiger partial charge in [0.15, 0.2) is 0 Å². The number of halogens is 3. The molecule has 1 aliphatic rings. The molecule has 0 amide bonds. The highest BCUT2D eigenvalue weighted by molar-refractivity contribution is 5.44. The maximum Gasteiger partial charge on any atom is 0.416 e. The van der Waals surface area contributed by atoms with Gasteiger partial charge in [-0.2, -0.15) is 13.2 Å². The maximum absolute atomic E-state index is 12.7. The predicted molar refractivity (Wildman–Crippen MR) is 54.6 cm³/mol. The number of benzene rings is 1. The normalized spacial score (nSPS) is 20.2. The molecule has 1 atom stereocenters. The number of ether oxygens (including phenoxy) is 1. The summed E-state index contributed by atoms with van der Waals surface area (Å²) >= 11 is 0. The summed E-state index contributed by atoms with van der Waals surface area (Å²) in [6.45, 7) is 3.36. The van der Waals surface area contributed by atoms with Crippen molar-refractivity contribution in [2.75, 3.05) is 0 Å². The van der Waals surface area contributed by atoms with E-state index in [1.165, 1.54) is 6.92 Å². The summed E-state index contributed by atoms with van der Waals surface area (Å²) in [7, 11) is 0. The summed E-state index contributed by atoms with van der Waals surface area (Å²) < 4.78 is 43.4. The Morgan fingerprint density at radius 3 is 2.62 bits per heavy atom. The molecule has 1 nitrogen and oxygen atoms in total. The third kappa shape index (κ3) is 2.01. The van der Waals surface area contributed by atoms with Crippen molar-refractivity contribution in [1.29, 1.82) is 0 Å². The second-order valence-corrected chi connectivity index (χ2v) is 4.24. The van der Waals surface area contributed by atoms with E-state index in [-0.39, 0.29) is 11.7 Å². The van der Waals surface area contributed by atoms with E-state index in [1.807, 2.05) is 6.92 Å². The first kappa shape index (κ1) is 11.3. The van der Waals surface area contributed by atoms with Crippen LogP contribution < -0.4 is 4.74 Å². The molecule has 0 saturated carbocycles. The lowest BCUT2D eigenvalue weighted by Gasteiger charge is -2.25. The van der Waals surface area contributed by atoms with Crippen LogP contribution in [0.15, 0.2) is 12.1 Å². The van der Waals surface area contributed by atoms with Gasteiger partial charge in [-0.3, -0.25) is 0 Å². The van der Waals surface area contributed by atoms with Crippen LogP contribution in [0.25, 0.3) is 0 Å². The molecule has 1 aliphatic heterocycles. The molecule has 1 aromatic rings. The number of alkyl halides is 3. The molecule has 0 aromatic heterocycles. The second kappa shape index (κ2) is 3.68. The van der Waals surface area contributed by atoms with Crippen molar-refractivity contribution in [3.63, 3.8) is 0 Å². The summed E-state index contributed by atoms with van der Waals surface area (Å²) in [6, 6.07) is 2.71. The molecule has 1 aromatic carbocycles. The highest BCUT2D eigenvalue weighted by Gasteiger charge is 2.34. The molecule has 1 unspecified atom stereocenters. The number of aryl methyl sites for hydroxylation is 2. The first-order valence-electron chi connectivity index (χ1n) is 5.25. The fourth-order valence-corrected chi connectivity index (χ4v) is 1.99. The molecule has 0 fully saturated rings. The van der Waals surface area contributed by atoms with Gasteiger partial charge in [-0.1, -0.05) is 6.07 Å². The minimum Gasteiger partial charge on any atom is -0.490 e. The Bertz CT molecular complexity index is 409. The van der Waals surface area contributed by atoms with Gasteiger partial charge in [-0.15, -0.1) is 0 Å². The van der Waals surface area contributed by atoms with Crippen LogP contribution in [0.5, 0.6) is 5.75 Å². The van der Waals surface area contributed by atoms with Crippen LogP contribution in [0.1, 0.15) is 30.0 Å². The molecule has 4 heteroatoms. The standard InChI is InChI=1S/C12H13F3O/c1-7-5-9-4-3-8(2)16-11(9)6-10(7)12(13,14)15/h5-6,8H,3-4H2,1-2H3. The lowest BCUT2D eigenvalue weighted by Crippen LogP contribution is -2.20. The molecule has 0 aliphatic carbocycles. The van der Waals surface area contributed by atoms with Crippen LogP contribution in [0.3, 0.4) is 0 Å². The number of fused-ring (bicyclic) bond motifs is 1. The van der Waals surface area contributed by atoms with Crippen molar-refractivity contribution < 1.29 is 17.9 Å². The van der Waals surface area contributed by atoms with E-state index < -0.39 is 11.7 Å². The molecule has 0 radical (unpaired) electrons. The van der Waals surface area contributed by atoms with Crippen LogP contribution >= 0.6 is 0 Å². The summed E-state index contributed by atoms with van der Waals surface area (Å²) in [5.74, 6) is 0.386. The van der Waals surface area contributed by atoms with Crippen LogP contribution in [-0.2, 0) is 12.6 Å². The van der Waals surface area contributed by atoms with Crippen molar-refractivity contribution in [3.8, 4) is 5.75 Å². The summed E-state index contributed by atoms with van der Waals surface area (Å²) in [6.07, 6.45) is -2.66. The van der Waals surface area contributed by atoms with Gasteiger partial charge < -0.3 is 4.74 Å². The van der Waals surface area contributed by atoms with Crippen molar-refractivity contribution >= 4 is 0 Å². The van der Waals surface area contributed by atoms with Crippen LogP contribution in [-0.4, -0.2) is 6.10 Å². The average molecular weight is 230 g/mol. The summed E-state index contributed by atoms with van der Waals surface area (Å²) in [4.78, 5) is 0. The van der Waals surface area contributed by atoms with Crippen molar-refractivity contribution in [2.24, 2.45) is 0 Å². The average Bonchev–Trinajstić information content (AvgIpc) is 2.16. The Hall–Kier alpha value is -1.19. The van der Waals surface area contributed by atoms with Crippen molar-refractivity contribution in [2.45, 2.75) is 39.0 Å². The van der Waals surface area contributed by atoms with Crippen LogP contribution in [0, 0.1) is 6.92 Å². The third-order valence-corrected chi connectivity index (χ3v) is 2.86. The minimum atomic E-state index is -4.30. The zero-order valence-corrected chi connectivity index (χ0v) is 9.19. The molecule has 2 rings (SSSR count). The Balaban J connectivity index is 2.47. The quantitative estimate of drug-likeness (QED) is 0.660.